The zero-order valence-electron chi connectivity index (χ0n) is 65.2. The summed E-state index contributed by atoms with van der Waals surface area (Å²) >= 11 is 0. The summed E-state index contributed by atoms with van der Waals surface area (Å²) in [5.74, 6) is -0.849. The molecule has 0 fully saturated rings. The molecular weight excluding hydrogens is 1240 g/mol. The molecule has 0 aromatic rings. The van der Waals surface area contributed by atoms with Crippen molar-refractivity contribution in [1.29, 1.82) is 0 Å². The van der Waals surface area contributed by atoms with Gasteiger partial charge in [0.25, 0.3) is 7.82 Å². The number of carbonyl (C=O) groups is 2. The van der Waals surface area contributed by atoms with Crippen LogP contribution in [0, 0.1) is 0 Å². The van der Waals surface area contributed by atoms with Gasteiger partial charge in [-0.3, -0.25) is 14.2 Å². The Bertz CT molecular complexity index is 2140. The summed E-state index contributed by atoms with van der Waals surface area (Å²) in [5, 5.41) is 0. The zero-order valence-corrected chi connectivity index (χ0v) is 66.1. The van der Waals surface area contributed by atoms with E-state index in [-0.39, 0.29) is 32.0 Å². The van der Waals surface area contributed by atoms with Crippen LogP contribution in [0.3, 0.4) is 0 Å². The third-order valence-corrected chi connectivity index (χ3v) is 18.9. The molecule has 0 heterocycles. The summed E-state index contributed by atoms with van der Waals surface area (Å²) in [5.41, 5.74) is 0. The van der Waals surface area contributed by atoms with Gasteiger partial charge in [-0.25, -0.2) is 0 Å². The van der Waals surface area contributed by atoms with Crippen LogP contribution in [0.5, 0.6) is 0 Å². The molecule has 0 bridgehead atoms. The first-order valence-electron chi connectivity index (χ1n) is 41.4. The fourth-order valence-corrected chi connectivity index (χ4v) is 12.4. The van der Waals surface area contributed by atoms with Gasteiger partial charge in [-0.15, -0.1) is 0 Å². The van der Waals surface area contributed by atoms with E-state index < -0.39 is 26.5 Å². The molecule has 9 nitrogen and oxygen atoms in total. The molecule has 570 valence electrons. The van der Waals surface area contributed by atoms with Crippen molar-refractivity contribution in [3.05, 3.63) is 134 Å². The zero-order chi connectivity index (χ0) is 71.8. The standard InChI is InChI=1S/C89H156NO8P/c1-6-8-10-12-14-16-18-20-22-24-26-28-30-32-34-36-38-40-42-44-45-46-48-50-52-54-56-58-60-62-64-66-68-70-72-74-76-78-80-82-89(92)98-87(86-97-99(93,94)96-84-83-90(3,4)5)85-95-88(91)81-79-77-75-73-71-69-67-65-63-61-59-57-55-53-51-49-47-43-41-39-37-35-33-31-29-27-25-23-21-19-17-15-13-11-9-7-2/h8,10,14,16,20,22,26,28,32,34,38,40,44-45,48,50,54,56,60,62,66,68,87H,6-7,9,11-13,15,17-19,21,23-25,27,29-31,33,35-37,39,41-43,46-47,49,51-53,55,57-59,61,63-65,67,69-86H2,1-5H3/b10-8-,16-14-,22-20-,28-26-,34-32-,40-38-,45-44-,50-48-,56-54-,62-60-,68-66-. The van der Waals surface area contributed by atoms with E-state index in [9.17, 15) is 19.0 Å². The summed E-state index contributed by atoms with van der Waals surface area (Å²) in [4.78, 5) is 38.2. The fourth-order valence-electron chi connectivity index (χ4n) is 11.7. The molecule has 0 radical (unpaired) electrons. The van der Waals surface area contributed by atoms with Crippen molar-refractivity contribution in [2.24, 2.45) is 0 Å². The number of nitrogens with zero attached hydrogens (tertiary/aromatic N) is 1. The smallest absolute Gasteiger partial charge is 0.306 e. The first kappa shape index (κ1) is 95.2. The van der Waals surface area contributed by atoms with Gasteiger partial charge in [0, 0.05) is 12.8 Å². The van der Waals surface area contributed by atoms with E-state index in [2.05, 4.69) is 148 Å². The second kappa shape index (κ2) is 78.3. The van der Waals surface area contributed by atoms with Crippen molar-refractivity contribution in [1.82, 2.24) is 0 Å². The van der Waals surface area contributed by atoms with Gasteiger partial charge in [0.15, 0.2) is 6.10 Å². The molecule has 10 heteroatoms. The van der Waals surface area contributed by atoms with Crippen LogP contribution >= 0.6 is 7.82 Å². The number of allylic oxidation sites excluding steroid dienone is 22. The van der Waals surface area contributed by atoms with Crippen LogP contribution in [0.25, 0.3) is 0 Å². The van der Waals surface area contributed by atoms with Crippen LogP contribution in [0.2, 0.25) is 0 Å². The van der Waals surface area contributed by atoms with E-state index in [1.807, 2.05) is 21.1 Å². The van der Waals surface area contributed by atoms with Crippen LogP contribution in [0.4, 0.5) is 0 Å². The van der Waals surface area contributed by atoms with Crippen molar-refractivity contribution >= 4 is 19.8 Å². The Kier molecular flexibility index (Phi) is 75.2. The maximum Gasteiger partial charge on any atom is 0.306 e. The van der Waals surface area contributed by atoms with E-state index in [0.29, 0.717) is 17.4 Å². The average Bonchev–Trinajstić information content (AvgIpc) is 0.989. The molecular formula is C89H156NO8P. The molecule has 0 saturated heterocycles. The highest BCUT2D eigenvalue weighted by molar-refractivity contribution is 7.45. The number of ether oxygens (including phenoxy) is 2. The first-order chi connectivity index (χ1) is 48.5. The highest BCUT2D eigenvalue weighted by Gasteiger charge is 2.22. The minimum atomic E-state index is -4.66. The van der Waals surface area contributed by atoms with Crippen molar-refractivity contribution in [3.63, 3.8) is 0 Å². The van der Waals surface area contributed by atoms with Crippen LogP contribution in [0.15, 0.2) is 134 Å². The van der Waals surface area contributed by atoms with E-state index in [0.717, 1.165) is 122 Å². The van der Waals surface area contributed by atoms with Crippen LogP contribution in [-0.2, 0) is 32.7 Å². The SMILES string of the molecule is CC/C=C\C/C=C\C/C=C\C/C=C\C/C=C\C/C=C\C/C=C\C/C=C\C/C=C\C/C=C\C/C=C\CCCCCCCC(=O)OC(COC(=O)CCCCCCCCCCCCCCCCCCCCCCCCCCCCCCCCCCCCCC)COP(=O)([O-])OCC[N+](C)(C)C. The number of hydrogen-bond donors (Lipinski definition) is 0. The lowest BCUT2D eigenvalue weighted by Crippen LogP contribution is -2.37. The number of hydrogen-bond acceptors (Lipinski definition) is 8. The van der Waals surface area contributed by atoms with Gasteiger partial charge >= 0.3 is 11.9 Å². The number of carbonyl (C=O) groups excluding carboxylic acids is 2. The lowest BCUT2D eigenvalue weighted by atomic mass is 10.0. The molecule has 0 aromatic heterocycles. The number of likely N-dealkylation sites (N-methyl/N-ethyl adjacent to an activating group) is 1. The number of quaternary nitrogens is 1. The lowest BCUT2D eigenvalue weighted by Gasteiger charge is -2.28. The van der Waals surface area contributed by atoms with E-state index in [1.54, 1.807) is 0 Å². The second-order valence-electron chi connectivity index (χ2n) is 28.8. The topological polar surface area (TPSA) is 111 Å². The Balaban J connectivity index is 4.03. The van der Waals surface area contributed by atoms with Crippen molar-refractivity contribution in [2.45, 2.75) is 373 Å². The Morgan fingerprint density at radius 2 is 0.576 bits per heavy atom. The van der Waals surface area contributed by atoms with Crippen LogP contribution < -0.4 is 4.89 Å². The quantitative estimate of drug-likeness (QED) is 0.0195. The molecule has 0 aliphatic carbocycles. The molecule has 0 spiro atoms. The molecule has 2 unspecified atom stereocenters. The van der Waals surface area contributed by atoms with Crippen molar-refractivity contribution in [3.8, 4) is 0 Å². The monoisotopic (exact) mass is 1400 g/mol. The third kappa shape index (κ3) is 83.0. The molecule has 0 aliphatic heterocycles. The third-order valence-electron chi connectivity index (χ3n) is 17.9. The summed E-state index contributed by atoms with van der Waals surface area (Å²) in [6, 6.07) is 0. The molecule has 0 amide bonds. The number of phosphoric acid groups is 1. The Morgan fingerprint density at radius 3 is 0.859 bits per heavy atom. The molecule has 0 aromatic carbocycles. The van der Waals surface area contributed by atoms with Gasteiger partial charge in [0.05, 0.1) is 27.7 Å². The van der Waals surface area contributed by atoms with Crippen molar-refractivity contribution < 1.29 is 42.1 Å². The van der Waals surface area contributed by atoms with Gasteiger partial charge in [-0.1, -0.05) is 392 Å². The van der Waals surface area contributed by atoms with Crippen LogP contribution in [-0.4, -0.2) is 70.0 Å². The van der Waals surface area contributed by atoms with E-state index >= 15 is 0 Å². The highest BCUT2D eigenvalue weighted by Crippen LogP contribution is 2.38. The number of esters is 2. The number of unbranched alkanes of at least 4 members (excludes halogenated alkanes) is 40. The summed E-state index contributed by atoms with van der Waals surface area (Å²) in [6.07, 6.45) is 114. The predicted octanol–water partition coefficient (Wildman–Crippen LogP) is 27.3. The maximum absolute atomic E-state index is 12.9. The number of phosphoric ester groups is 1. The normalized spacial score (nSPS) is 13.7. The Morgan fingerprint density at radius 1 is 0.323 bits per heavy atom. The summed E-state index contributed by atoms with van der Waals surface area (Å²) in [7, 11) is 1.15. The van der Waals surface area contributed by atoms with E-state index in [1.165, 1.54) is 212 Å². The van der Waals surface area contributed by atoms with Gasteiger partial charge in [0.2, 0.25) is 0 Å². The van der Waals surface area contributed by atoms with Crippen LogP contribution in [0.1, 0.15) is 367 Å². The number of rotatable bonds is 76. The van der Waals surface area contributed by atoms with E-state index in [4.69, 9.17) is 18.5 Å². The maximum atomic E-state index is 12.9. The van der Waals surface area contributed by atoms with Gasteiger partial charge in [0.1, 0.15) is 19.8 Å². The summed E-state index contributed by atoms with van der Waals surface area (Å²) < 4.78 is 34.4. The minimum absolute atomic E-state index is 0.0398. The first-order valence-corrected chi connectivity index (χ1v) is 42.9. The lowest BCUT2D eigenvalue weighted by molar-refractivity contribution is -0.870. The second-order valence-corrected chi connectivity index (χ2v) is 30.2. The molecule has 2 atom stereocenters. The Hall–Kier alpha value is -3.85. The average molecular weight is 1400 g/mol. The molecule has 0 rings (SSSR count). The van der Waals surface area contributed by atoms with Gasteiger partial charge in [-0.2, -0.15) is 0 Å². The molecule has 0 N–H and O–H groups in total. The molecule has 99 heavy (non-hydrogen) atoms. The molecule has 0 aliphatic rings. The minimum Gasteiger partial charge on any atom is -0.756 e. The van der Waals surface area contributed by atoms with Crippen molar-refractivity contribution in [2.75, 3.05) is 47.5 Å². The predicted molar refractivity (Wildman–Crippen MR) is 429 cm³/mol. The van der Waals surface area contributed by atoms with Gasteiger partial charge < -0.3 is 27.9 Å². The molecule has 0 saturated carbocycles. The highest BCUT2D eigenvalue weighted by atomic mass is 31.2. The largest absolute Gasteiger partial charge is 0.756 e. The Labute approximate surface area is 612 Å². The van der Waals surface area contributed by atoms with Gasteiger partial charge in [-0.05, 0) is 96.3 Å². The fraction of sp³-hybridized carbons (Fsp3) is 0.730. The summed E-state index contributed by atoms with van der Waals surface area (Å²) in [6.45, 7) is 4.14.